The minimum absolute atomic E-state index is 0.0500. The van der Waals surface area contributed by atoms with Crippen molar-refractivity contribution < 1.29 is 9.53 Å². The summed E-state index contributed by atoms with van der Waals surface area (Å²) in [6.07, 6.45) is 0. The van der Waals surface area contributed by atoms with Crippen LogP contribution in [0.15, 0.2) is 18.2 Å². The SMILES string of the molecule is CCOC(=O)c1nc(-c2ccc(I)c(Cl)c2)n(C)n1. The van der Waals surface area contributed by atoms with Gasteiger partial charge >= 0.3 is 5.97 Å². The van der Waals surface area contributed by atoms with Crippen molar-refractivity contribution in [3.05, 3.63) is 32.6 Å². The van der Waals surface area contributed by atoms with E-state index in [4.69, 9.17) is 16.3 Å². The average Bonchev–Trinajstić information content (AvgIpc) is 2.75. The zero-order chi connectivity index (χ0) is 14.0. The van der Waals surface area contributed by atoms with E-state index in [1.54, 1.807) is 20.0 Å². The molecular weight excluding hydrogens is 381 g/mol. The van der Waals surface area contributed by atoms with Crippen molar-refractivity contribution in [2.45, 2.75) is 6.92 Å². The zero-order valence-corrected chi connectivity index (χ0v) is 13.3. The van der Waals surface area contributed by atoms with Crippen LogP contribution in [-0.2, 0) is 11.8 Å². The van der Waals surface area contributed by atoms with Crippen LogP contribution in [0.5, 0.6) is 0 Å². The Kier molecular flexibility index (Phi) is 4.41. The molecule has 1 aromatic carbocycles. The molecule has 0 radical (unpaired) electrons. The summed E-state index contributed by atoms with van der Waals surface area (Å²) in [6.45, 7) is 2.03. The minimum Gasteiger partial charge on any atom is -0.460 e. The van der Waals surface area contributed by atoms with Crippen LogP contribution in [0.3, 0.4) is 0 Å². The van der Waals surface area contributed by atoms with Gasteiger partial charge in [-0.25, -0.2) is 14.5 Å². The van der Waals surface area contributed by atoms with E-state index in [1.807, 2.05) is 12.1 Å². The Morgan fingerprint density at radius 3 is 2.89 bits per heavy atom. The number of halogens is 2. The summed E-state index contributed by atoms with van der Waals surface area (Å²) in [5.41, 5.74) is 0.802. The quantitative estimate of drug-likeness (QED) is 0.596. The van der Waals surface area contributed by atoms with Crippen molar-refractivity contribution in [2.24, 2.45) is 7.05 Å². The highest BCUT2D eigenvalue weighted by molar-refractivity contribution is 14.1. The molecule has 0 saturated carbocycles. The van der Waals surface area contributed by atoms with Gasteiger partial charge in [0.05, 0.1) is 11.6 Å². The van der Waals surface area contributed by atoms with Crippen molar-refractivity contribution in [2.75, 3.05) is 6.61 Å². The fourth-order valence-corrected chi connectivity index (χ4v) is 2.07. The molecule has 5 nitrogen and oxygen atoms in total. The van der Waals surface area contributed by atoms with Gasteiger partial charge < -0.3 is 4.74 Å². The van der Waals surface area contributed by atoms with Gasteiger partial charge in [0.15, 0.2) is 5.82 Å². The zero-order valence-electron chi connectivity index (χ0n) is 10.4. The van der Waals surface area contributed by atoms with Gasteiger partial charge in [-0.1, -0.05) is 17.7 Å². The van der Waals surface area contributed by atoms with Gasteiger partial charge in [0.1, 0.15) is 0 Å². The van der Waals surface area contributed by atoms with Crippen LogP contribution in [0.4, 0.5) is 0 Å². The lowest BCUT2D eigenvalue weighted by atomic mass is 10.2. The number of carbonyl (C=O) groups excluding carboxylic acids is 1. The van der Waals surface area contributed by atoms with Crippen LogP contribution in [-0.4, -0.2) is 27.3 Å². The van der Waals surface area contributed by atoms with Crippen LogP contribution in [0.1, 0.15) is 17.5 Å². The van der Waals surface area contributed by atoms with E-state index < -0.39 is 5.97 Å². The highest BCUT2D eigenvalue weighted by Crippen LogP contribution is 2.25. The molecular formula is C12H11ClIN3O2. The van der Waals surface area contributed by atoms with E-state index in [9.17, 15) is 4.79 Å². The molecule has 0 spiro atoms. The first-order valence-electron chi connectivity index (χ1n) is 5.56. The Balaban J connectivity index is 2.40. The molecule has 0 bridgehead atoms. The van der Waals surface area contributed by atoms with Crippen molar-refractivity contribution in [3.63, 3.8) is 0 Å². The number of ether oxygens (including phenoxy) is 1. The van der Waals surface area contributed by atoms with E-state index in [-0.39, 0.29) is 5.82 Å². The number of aryl methyl sites for hydroxylation is 1. The van der Waals surface area contributed by atoms with Gasteiger partial charge in [-0.15, -0.1) is 5.10 Å². The van der Waals surface area contributed by atoms with Gasteiger partial charge in [0, 0.05) is 16.2 Å². The van der Waals surface area contributed by atoms with Gasteiger partial charge in [0.2, 0.25) is 0 Å². The lowest BCUT2D eigenvalue weighted by molar-refractivity contribution is 0.0512. The molecule has 0 atom stereocenters. The Bertz CT molecular complexity index is 627. The normalized spacial score (nSPS) is 10.5. The predicted molar refractivity (Wildman–Crippen MR) is 80.1 cm³/mol. The van der Waals surface area contributed by atoms with E-state index in [0.717, 1.165) is 9.13 Å². The van der Waals surface area contributed by atoms with Crippen LogP contribution in [0.25, 0.3) is 11.4 Å². The third-order valence-electron chi connectivity index (χ3n) is 2.40. The molecule has 2 aromatic rings. The van der Waals surface area contributed by atoms with Gasteiger partial charge in [-0.2, -0.15) is 0 Å². The fraction of sp³-hybridized carbons (Fsp3) is 0.250. The topological polar surface area (TPSA) is 57.0 Å². The van der Waals surface area contributed by atoms with E-state index in [2.05, 4.69) is 32.7 Å². The molecule has 0 fully saturated rings. The largest absolute Gasteiger partial charge is 0.460 e. The monoisotopic (exact) mass is 391 g/mol. The highest BCUT2D eigenvalue weighted by atomic mass is 127. The summed E-state index contributed by atoms with van der Waals surface area (Å²) in [6, 6.07) is 5.56. The Hall–Kier alpha value is -1.15. The molecule has 1 aromatic heterocycles. The number of hydrogen-bond donors (Lipinski definition) is 0. The summed E-state index contributed by atoms with van der Waals surface area (Å²) < 4.78 is 7.36. The second-order valence-electron chi connectivity index (χ2n) is 3.73. The molecule has 0 aliphatic carbocycles. The average molecular weight is 392 g/mol. The minimum atomic E-state index is -0.527. The molecule has 0 aliphatic heterocycles. The lowest BCUT2D eigenvalue weighted by Crippen LogP contribution is -2.07. The molecule has 0 aliphatic rings. The van der Waals surface area contributed by atoms with Crippen LogP contribution < -0.4 is 0 Å². The molecule has 0 unspecified atom stereocenters. The first-order chi connectivity index (χ1) is 9.02. The van der Waals surface area contributed by atoms with Crippen LogP contribution in [0, 0.1) is 3.57 Å². The van der Waals surface area contributed by atoms with E-state index >= 15 is 0 Å². The number of rotatable bonds is 3. The predicted octanol–water partition coefficient (Wildman–Crippen LogP) is 2.92. The van der Waals surface area contributed by atoms with E-state index in [1.165, 1.54) is 4.68 Å². The Morgan fingerprint density at radius 1 is 1.53 bits per heavy atom. The lowest BCUT2D eigenvalue weighted by Gasteiger charge is -2.01. The van der Waals surface area contributed by atoms with Gasteiger partial charge in [0.25, 0.3) is 5.82 Å². The van der Waals surface area contributed by atoms with Crippen LogP contribution >= 0.6 is 34.2 Å². The molecule has 0 N–H and O–H groups in total. The smallest absolute Gasteiger partial charge is 0.378 e. The Morgan fingerprint density at radius 2 is 2.26 bits per heavy atom. The first kappa shape index (κ1) is 14.3. The van der Waals surface area contributed by atoms with Gasteiger partial charge in [-0.05, 0) is 41.6 Å². The number of benzene rings is 1. The summed E-state index contributed by atoms with van der Waals surface area (Å²) in [5.74, 6) is 0.0938. The molecule has 2 rings (SSSR count). The molecule has 100 valence electrons. The number of esters is 1. The second kappa shape index (κ2) is 5.87. The fourth-order valence-electron chi connectivity index (χ4n) is 1.55. The second-order valence-corrected chi connectivity index (χ2v) is 5.30. The molecule has 19 heavy (non-hydrogen) atoms. The molecule has 7 heteroatoms. The third kappa shape index (κ3) is 3.06. The van der Waals surface area contributed by atoms with Gasteiger partial charge in [-0.3, -0.25) is 0 Å². The molecule has 1 heterocycles. The standard InChI is InChI=1S/C12H11ClIN3O2/c1-3-19-12(18)10-15-11(17(2)16-10)7-4-5-9(14)8(13)6-7/h4-6H,3H2,1-2H3. The number of hydrogen-bond acceptors (Lipinski definition) is 4. The Labute approximate surface area is 129 Å². The van der Waals surface area contributed by atoms with Crippen molar-refractivity contribution in [1.82, 2.24) is 14.8 Å². The number of carbonyl (C=O) groups is 1. The summed E-state index contributed by atoms with van der Waals surface area (Å²) in [7, 11) is 1.72. The maximum atomic E-state index is 11.6. The van der Waals surface area contributed by atoms with E-state index in [0.29, 0.717) is 17.5 Å². The summed E-state index contributed by atoms with van der Waals surface area (Å²) >= 11 is 8.23. The highest BCUT2D eigenvalue weighted by Gasteiger charge is 2.17. The van der Waals surface area contributed by atoms with Crippen molar-refractivity contribution >= 4 is 40.2 Å². The maximum Gasteiger partial charge on any atom is 0.378 e. The van der Waals surface area contributed by atoms with Crippen molar-refractivity contribution in [3.8, 4) is 11.4 Å². The molecule has 0 saturated heterocycles. The summed E-state index contributed by atoms with van der Waals surface area (Å²) in [4.78, 5) is 15.8. The third-order valence-corrected chi connectivity index (χ3v) is 3.97. The summed E-state index contributed by atoms with van der Waals surface area (Å²) in [5, 5.41) is 4.68. The molecule has 0 amide bonds. The number of nitrogens with zero attached hydrogens (tertiary/aromatic N) is 3. The van der Waals surface area contributed by atoms with Crippen LogP contribution in [0.2, 0.25) is 5.02 Å². The van der Waals surface area contributed by atoms with Crippen molar-refractivity contribution in [1.29, 1.82) is 0 Å². The number of aromatic nitrogens is 3. The first-order valence-corrected chi connectivity index (χ1v) is 7.02. The maximum absolute atomic E-state index is 11.6.